The molecular formula is C12H20O2. The number of phenols is 1. The molecule has 1 N–H and O–H groups in total. The second-order valence-corrected chi connectivity index (χ2v) is 2.39. The fourth-order valence-corrected chi connectivity index (χ4v) is 0.428. The van der Waals surface area contributed by atoms with Gasteiger partial charge in [-0.1, -0.05) is 39.0 Å². The monoisotopic (exact) mass is 196 g/mol. The van der Waals surface area contributed by atoms with E-state index in [1.165, 1.54) is 0 Å². The fraction of sp³-hybridized carbons (Fsp3) is 0.417. The molecular weight excluding hydrogens is 176 g/mol. The van der Waals surface area contributed by atoms with Gasteiger partial charge in [-0.25, -0.2) is 0 Å². The van der Waals surface area contributed by atoms with Gasteiger partial charge >= 0.3 is 0 Å². The Hall–Kier alpha value is -1.31. The van der Waals surface area contributed by atoms with E-state index >= 15 is 0 Å². The lowest BCUT2D eigenvalue weighted by Gasteiger charge is -1.82. The summed E-state index contributed by atoms with van der Waals surface area (Å²) in [6.07, 6.45) is 0.667. The highest BCUT2D eigenvalue weighted by molar-refractivity contribution is 5.74. The molecule has 0 fully saturated rings. The third-order valence-electron chi connectivity index (χ3n) is 1.25. The van der Waals surface area contributed by atoms with Gasteiger partial charge in [0.15, 0.2) is 0 Å². The Balaban J connectivity index is 0. The molecule has 80 valence electrons. The van der Waals surface area contributed by atoms with Crippen molar-refractivity contribution in [3.63, 3.8) is 0 Å². The highest BCUT2D eigenvalue weighted by atomic mass is 16.3. The topological polar surface area (TPSA) is 37.3 Å². The SMILES string of the molecule is CC.CCC(C)=O.Oc1ccccc1. The van der Waals surface area contributed by atoms with E-state index in [9.17, 15) is 4.79 Å². The number of carbonyl (C=O) groups is 1. The van der Waals surface area contributed by atoms with E-state index in [2.05, 4.69) is 0 Å². The molecule has 2 heteroatoms. The average Bonchev–Trinajstić information content (AvgIpc) is 2.23. The van der Waals surface area contributed by atoms with Gasteiger partial charge in [-0.05, 0) is 19.1 Å². The standard InChI is InChI=1S/C6H6O.C4H8O.C2H6/c7-6-4-2-1-3-5-6;1-3-4(2)5;1-2/h1-5,7H;3H2,1-2H3;1-2H3. The molecule has 1 rings (SSSR count). The van der Waals surface area contributed by atoms with Crippen LogP contribution in [0, 0.1) is 0 Å². The first kappa shape index (κ1) is 15.2. The summed E-state index contributed by atoms with van der Waals surface area (Å²) in [5.41, 5.74) is 0. The fourth-order valence-electron chi connectivity index (χ4n) is 0.428. The maximum Gasteiger partial charge on any atom is 0.129 e. The van der Waals surface area contributed by atoms with Crippen LogP contribution in [-0.2, 0) is 4.79 Å². The first-order chi connectivity index (χ1) is 6.66. The molecule has 0 atom stereocenters. The van der Waals surface area contributed by atoms with Crippen molar-refractivity contribution >= 4 is 5.78 Å². The van der Waals surface area contributed by atoms with E-state index in [0.717, 1.165) is 0 Å². The van der Waals surface area contributed by atoms with E-state index in [-0.39, 0.29) is 5.78 Å². The number of para-hydroxylation sites is 1. The third kappa shape index (κ3) is 13.3. The van der Waals surface area contributed by atoms with Crippen LogP contribution in [0.2, 0.25) is 0 Å². The van der Waals surface area contributed by atoms with Crippen molar-refractivity contribution in [1.82, 2.24) is 0 Å². The molecule has 0 aliphatic rings. The number of ketones is 1. The van der Waals surface area contributed by atoms with Gasteiger partial charge in [-0.15, -0.1) is 0 Å². The number of benzene rings is 1. The zero-order valence-corrected chi connectivity index (χ0v) is 9.45. The summed E-state index contributed by atoms with van der Waals surface area (Å²) in [6.45, 7) is 7.43. The van der Waals surface area contributed by atoms with Crippen LogP contribution in [0.4, 0.5) is 0 Å². The predicted octanol–water partition coefficient (Wildman–Crippen LogP) is 3.40. The summed E-state index contributed by atoms with van der Waals surface area (Å²) >= 11 is 0. The lowest BCUT2D eigenvalue weighted by molar-refractivity contribution is -0.116. The van der Waals surface area contributed by atoms with Crippen LogP contribution in [0.15, 0.2) is 30.3 Å². The van der Waals surface area contributed by atoms with E-state index in [0.29, 0.717) is 12.2 Å². The molecule has 0 spiro atoms. The summed E-state index contributed by atoms with van der Waals surface area (Å²) < 4.78 is 0. The largest absolute Gasteiger partial charge is 0.508 e. The molecule has 0 aliphatic carbocycles. The predicted molar refractivity (Wildman–Crippen MR) is 60.4 cm³/mol. The molecule has 0 amide bonds. The molecule has 0 saturated carbocycles. The number of aromatic hydroxyl groups is 1. The van der Waals surface area contributed by atoms with E-state index < -0.39 is 0 Å². The van der Waals surface area contributed by atoms with Crippen LogP contribution in [0.5, 0.6) is 5.75 Å². The van der Waals surface area contributed by atoms with Crippen molar-refractivity contribution in [3.05, 3.63) is 30.3 Å². The normalized spacial score (nSPS) is 7.43. The minimum Gasteiger partial charge on any atom is -0.508 e. The second-order valence-electron chi connectivity index (χ2n) is 2.39. The van der Waals surface area contributed by atoms with Crippen molar-refractivity contribution in [2.24, 2.45) is 0 Å². The Labute approximate surface area is 86.6 Å². The third-order valence-corrected chi connectivity index (χ3v) is 1.25. The molecule has 0 bridgehead atoms. The molecule has 0 aromatic heterocycles. The molecule has 1 aromatic carbocycles. The van der Waals surface area contributed by atoms with Gasteiger partial charge in [-0.2, -0.15) is 0 Å². The summed E-state index contributed by atoms with van der Waals surface area (Å²) in [4.78, 5) is 9.81. The molecule has 0 heterocycles. The van der Waals surface area contributed by atoms with Gasteiger partial charge in [0.05, 0.1) is 0 Å². The number of hydrogen-bond acceptors (Lipinski definition) is 2. The average molecular weight is 196 g/mol. The number of carbonyl (C=O) groups excluding carboxylic acids is 1. The minimum absolute atomic E-state index is 0.255. The zero-order chi connectivity index (χ0) is 11.4. The van der Waals surface area contributed by atoms with Gasteiger partial charge in [0.2, 0.25) is 0 Å². The van der Waals surface area contributed by atoms with Crippen LogP contribution < -0.4 is 0 Å². The molecule has 0 saturated heterocycles. The summed E-state index contributed by atoms with van der Waals surface area (Å²) in [5, 5.41) is 8.63. The van der Waals surface area contributed by atoms with Gasteiger partial charge < -0.3 is 9.90 Å². The molecule has 0 aliphatic heterocycles. The number of hydrogen-bond donors (Lipinski definition) is 1. The quantitative estimate of drug-likeness (QED) is 0.747. The Bertz CT molecular complexity index is 217. The van der Waals surface area contributed by atoms with Crippen molar-refractivity contribution in [2.45, 2.75) is 34.1 Å². The minimum atomic E-state index is 0.255. The zero-order valence-electron chi connectivity index (χ0n) is 9.45. The summed E-state index contributed by atoms with van der Waals surface area (Å²) in [7, 11) is 0. The van der Waals surface area contributed by atoms with Crippen LogP contribution in [-0.4, -0.2) is 10.9 Å². The Morgan fingerprint density at radius 2 is 1.57 bits per heavy atom. The van der Waals surface area contributed by atoms with Gasteiger partial charge in [0.25, 0.3) is 0 Å². The first-order valence-electron chi connectivity index (χ1n) is 4.90. The van der Waals surface area contributed by atoms with Crippen LogP contribution in [0.3, 0.4) is 0 Å². The van der Waals surface area contributed by atoms with Crippen molar-refractivity contribution in [3.8, 4) is 5.75 Å². The Morgan fingerprint density at radius 1 is 1.21 bits per heavy atom. The van der Waals surface area contributed by atoms with Crippen molar-refractivity contribution < 1.29 is 9.90 Å². The number of rotatable bonds is 1. The van der Waals surface area contributed by atoms with Crippen LogP contribution >= 0.6 is 0 Å². The van der Waals surface area contributed by atoms with Crippen molar-refractivity contribution in [2.75, 3.05) is 0 Å². The highest BCUT2D eigenvalue weighted by Crippen LogP contribution is 2.02. The first-order valence-corrected chi connectivity index (χ1v) is 4.90. The van der Waals surface area contributed by atoms with Gasteiger partial charge in [0, 0.05) is 6.42 Å². The maximum absolute atomic E-state index is 9.81. The molecule has 2 nitrogen and oxygen atoms in total. The molecule has 14 heavy (non-hydrogen) atoms. The molecule has 0 unspecified atom stereocenters. The lowest BCUT2D eigenvalue weighted by Crippen LogP contribution is -1.80. The van der Waals surface area contributed by atoms with Crippen molar-refractivity contribution in [1.29, 1.82) is 0 Å². The second kappa shape index (κ2) is 11.7. The maximum atomic E-state index is 9.81. The van der Waals surface area contributed by atoms with E-state index in [1.54, 1.807) is 31.2 Å². The highest BCUT2D eigenvalue weighted by Gasteiger charge is 1.77. The molecule has 0 radical (unpaired) electrons. The molecule has 1 aromatic rings. The number of phenolic OH excluding ortho intramolecular Hbond substituents is 1. The number of Topliss-reactive ketones (excluding diaryl/α,β-unsaturated/α-hetero) is 1. The summed E-state index contributed by atoms with van der Waals surface area (Å²) in [5.74, 6) is 0.576. The Kier molecular flexibility index (Phi) is 12.7. The van der Waals surface area contributed by atoms with E-state index in [1.807, 2.05) is 26.8 Å². The van der Waals surface area contributed by atoms with Gasteiger partial charge in [-0.3, -0.25) is 0 Å². The van der Waals surface area contributed by atoms with Gasteiger partial charge in [0.1, 0.15) is 11.5 Å². The smallest absolute Gasteiger partial charge is 0.129 e. The van der Waals surface area contributed by atoms with Crippen LogP contribution in [0.25, 0.3) is 0 Å². The lowest BCUT2D eigenvalue weighted by atomic mass is 10.3. The summed E-state index contributed by atoms with van der Waals surface area (Å²) in [6, 6.07) is 8.71. The Morgan fingerprint density at radius 3 is 1.71 bits per heavy atom. The van der Waals surface area contributed by atoms with Crippen LogP contribution in [0.1, 0.15) is 34.1 Å². The van der Waals surface area contributed by atoms with E-state index in [4.69, 9.17) is 5.11 Å².